The highest BCUT2D eigenvalue weighted by molar-refractivity contribution is 6.30. The topological polar surface area (TPSA) is 93.2 Å². The summed E-state index contributed by atoms with van der Waals surface area (Å²) in [6.45, 7) is 3.25. The summed E-state index contributed by atoms with van der Waals surface area (Å²) in [6, 6.07) is 14.0. The Bertz CT molecular complexity index is 1270. The Balaban J connectivity index is 1.26. The van der Waals surface area contributed by atoms with E-state index in [1.165, 1.54) is 32.1 Å². The van der Waals surface area contributed by atoms with Crippen molar-refractivity contribution in [3.05, 3.63) is 71.9 Å². The maximum absolute atomic E-state index is 14.6. The van der Waals surface area contributed by atoms with Crippen molar-refractivity contribution in [2.24, 2.45) is 23.0 Å². The van der Waals surface area contributed by atoms with Crippen LogP contribution in [0.2, 0.25) is 5.02 Å². The van der Waals surface area contributed by atoms with Crippen LogP contribution in [0.1, 0.15) is 63.4 Å². The predicted octanol–water partition coefficient (Wildman–Crippen LogP) is 5.37. The summed E-state index contributed by atoms with van der Waals surface area (Å²) >= 11 is 6.23. The molecule has 2 aromatic heterocycles. The molecule has 4 heterocycles. The SMILES string of the molecule is NC1CCN(c2ccccn2)C([C@@H](Cc2ccc(Cl)cc2)C(=O)N2CCC(Cn3cncn3)(C3CCCCC3)CC2)C1. The maximum Gasteiger partial charge on any atom is 0.228 e. The number of carbonyl (C=O) groups excluding carboxylic acids is 1. The van der Waals surface area contributed by atoms with E-state index >= 15 is 0 Å². The third-order valence-electron chi connectivity index (χ3n) is 10.3. The Kier molecular flexibility index (Phi) is 9.10. The summed E-state index contributed by atoms with van der Waals surface area (Å²) in [5, 5.41) is 5.19. The molecule has 1 amide bonds. The van der Waals surface area contributed by atoms with E-state index in [1.54, 1.807) is 6.33 Å². The molecule has 1 saturated carbocycles. The third-order valence-corrected chi connectivity index (χ3v) is 10.5. The summed E-state index contributed by atoms with van der Waals surface area (Å²) in [5.74, 6) is 1.61. The molecule has 0 radical (unpaired) electrons. The number of piperidine rings is 2. The van der Waals surface area contributed by atoms with E-state index in [4.69, 9.17) is 17.3 Å². The summed E-state index contributed by atoms with van der Waals surface area (Å²) in [4.78, 5) is 28.0. The van der Waals surface area contributed by atoms with E-state index < -0.39 is 0 Å². The number of carbonyl (C=O) groups is 1. The van der Waals surface area contributed by atoms with Gasteiger partial charge in [-0.25, -0.2) is 9.97 Å². The molecule has 8 nitrogen and oxygen atoms in total. The van der Waals surface area contributed by atoms with Gasteiger partial charge in [0.2, 0.25) is 5.91 Å². The number of rotatable bonds is 8. The summed E-state index contributed by atoms with van der Waals surface area (Å²) in [7, 11) is 0. The van der Waals surface area contributed by atoms with Crippen molar-refractivity contribution in [2.75, 3.05) is 24.5 Å². The van der Waals surface area contributed by atoms with Gasteiger partial charge < -0.3 is 15.5 Å². The molecular weight excluding hydrogens is 546 g/mol. The molecule has 1 aromatic carbocycles. The Morgan fingerprint density at radius 2 is 1.81 bits per heavy atom. The Hall–Kier alpha value is -2.97. The number of aromatic nitrogens is 4. The number of benzene rings is 1. The zero-order valence-corrected chi connectivity index (χ0v) is 25.3. The van der Waals surface area contributed by atoms with Crippen molar-refractivity contribution in [2.45, 2.75) is 82.8 Å². The van der Waals surface area contributed by atoms with Gasteiger partial charge in [-0.2, -0.15) is 5.10 Å². The lowest BCUT2D eigenvalue weighted by molar-refractivity contribution is -0.140. The largest absolute Gasteiger partial charge is 0.353 e. The van der Waals surface area contributed by atoms with Gasteiger partial charge >= 0.3 is 0 Å². The molecule has 3 aromatic rings. The number of pyridine rings is 1. The Labute approximate surface area is 254 Å². The number of hydrogen-bond acceptors (Lipinski definition) is 6. The van der Waals surface area contributed by atoms with Crippen molar-refractivity contribution in [3.63, 3.8) is 0 Å². The van der Waals surface area contributed by atoms with E-state index in [2.05, 4.69) is 43.1 Å². The zero-order valence-electron chi connectivity index (χ0n) is 24.5. The molecular formula is C33H44ClN7O. The van der Waals surface area contributed by atoms with Gasteiger partial charge in [0.1, 0.15) is 18.5 Å². The minimum atomic E-state index is -0.225. The van der Waals surface area contributed by atoms with Crippen LogP contribution in [0.15, 0.2) is 61.3 Å². The molecule has 9 heteroatoms. The monoisotopic (exact) mass is 589 g/mol. The first-order valence-corrected chi connectivity index (χ1v) is 16.2. The van der Waals surface area contributed by atoms with Gasteiger partial charge in [0.15, 0.2) is 0 Å². The van der Waals surface area contributed by atoms with Gasteiger partial charge in [-0.15, -0.1) is 0 Å². The van der Waals surface area contributed by atoms with Gasteiger partial charge in [0.05, 0.1) is 5.92 Å². The lowest BCUT2D eigenvalue weighted by Gasteiger charge is -2.49. The van der Waals surface area contributed by atoms with E-state index in [1.807, 2.05) is 41.5 Å². The highest BCUT2D eigenvalue weighted by atomic mass is 35.5. The van der Waals surface area contributed by atoms with Crippen LogP contribution in [-0.2, 0) is 17.8 Å². The maximum atomic E-state index is 14.6. The fourth-order valence-corrected chi connectivity index (χ4v) is 8.06. The highest BCUT2D eigenvalue weighted by Gasteiger charge is 2.45. The average molecular weight is 590 g/mol. The molecule has 3 aliphatic rings. The molecule has 6 rings (SSSR count). The average Bonchev–Trinajstić information content (AvgIpc) is 3.54. The molecule has 0 spiro atoms. The van der Waals surface area contributed by atoms with E-state index in [9.17, 15) is 4.79 Å². The third kappa shape index (κ3) is 6.50. The number of anilines is 1. The first-order chi connectivity index (χ1) is 20.5. The van der Waals surface area contributed by atoms with Gasteiger partial charge in [-0.05, 0) is 86.1 Å². The molecule has 2 aliphatic heterocycles. The molecule has 3 atom stereocenters. The number of halogens is 1. The normalized spacial score (nSPS) is 24.0. The molecule has 224 valence electrons. The molecule has 2 saturated heterocycles. The highest BCUT2D eigenvalue weighted by Crippen LogP contribution is 2.47. The molecule has 2 unspecified atom stereocenters. The lowest BCUT2D eigenvalue weighted by Crippen LogP contribution is -2.57. The van der Waals surface area contributed by atoms with Crippen LogP contribution in [0.25, 0.3) is 0 Å². The van der Waals surface area contributed by atoms with Crippen molar-refractivity contribution in [1.82, 2.24) is 24.6 Å². The van der Waals surface area contributed by atoms with Crippen molar-refractivity contribution in [1.29, 1.82) is 0 Å². The van der Waals surface area contributed by atoms with E-state index in [0.29, 0.717) is 17.4 Å². The first kappa shape index (κ1) is 29.1. The fourth-order valence-electron chi connectivity index (χ4n) is 7.93. The van der Waals surface area contributed by atoms with Gasteiger partial charge in [0, 0.05) is 49.5 Å². The van der Waals surface area contributed by atoms with Crippen molar-refractivity contribution in [3.8, 4) is 0 Å². The van der Waals surface area contributed by atoms with Gasteiger partial charge in [0.25, 0.3) is 0 Å². The van der Waals surface area contributed by atoms with Crippen LogP contribution in [0.5, 0.6) is 0 Å². The van der Waals surface area contributed by atoms with E-state index in [-0.39, 0.29) is 29.3 Å². The number of likely N-dealkylation sites (tertiary alicyclic amines) is 1. The molecule has 0 bridgehead atoms. The van der Waals surface area contributed by atoms with Crippen LogP contribution in [0, 0.1) is 17.3 Å². The van der Waals surface area contributed by atoms with E-state index in [0.717, 1.165) is 63.2 Å². The fraction of sp³-hybridized carbons (Fsp3) is 0.576. The second-order valence-electron chi connectivity index (χ2n) is 12.8. The molecule has 1 aliphatic carbocycles. The summed E-state index contributed by atoms with van der Waals surface area (Å²) in [5.41, 5.74) is 7.85. The minimum absolute atomic E-state index is 0.0213. The standard InChI is InChI=1S/C33H44ClN7O/c34-27-11-9-25(10-12-27)20-29(30-21-28(35)13-17-41(30)31-8-4-5-16-37-31)32(42)39-18-14-33(15-19-39,22-40-24-36-23-38-40)26-6-2-1-3-7-26/h4-5,8-12,16,23-24,26,28-30H,1-3,6-7,13-15,17-22,35H2/t28?,29-,30?/m1/s1. The minimum Gasteiger partial charge on any atom is -0.353 e. The zero-order chi connectivity index (χ0) is 28.9. The number of nitrogens with zero attached hydrogens (tertiary/aromatic N) is 6. The second kappa shape index (κ2) is 13.1. The van der Waals surface area contributed by atoms with Crippen LogP contribution in [-0.4, -0.2) is 62.3 Å². The van der Waals surface area contributed by atoms with Crippen LogP contribution in [0.4, 0.5) is 5.82 Å². The van der Waals surface area contributed by atoms with Crippen LogP contribution >= 0.6 is 11.6 Å². The smallest absolute Gasteiger partial charge is 0.228 e. The summed E-state index contributed by atoms with van der Waals surface area (Å²) < 4.78 is 2.02. The Morgan fingerprint density at radius 1 is 1.02 bits per heavy atom. The van der Waals surface area contributed by atoms with Crippen molar-refractivity contribution < 1.29 is 4.79 Å². The molecule has 3 fully saturated rings. The Morgan fingerprint density at radius 3 is 2.50 bits per heavy atom. The first-order valence-electron chi connectivity index (χ1n) is 15.8. The summed E-state index contributed by atoms with van der Waals surface area (Å²) in [6.07, 6.45) is 16.2. The number of hydrogen-bond donors (Lipinski definition) is 1. The second-order valence-corrected chi connectivity index (χ2v) is 13.2. The lowest BCUT2D eigenvalue weighted by atomic mass is 9.63. The van der Waals surface area contributed by atoms with Gasteiger partial charge in [-0.3, -0.25) is 9.48 Å². The number of nitrogens with two attached hydrogens (primary N) is 1. The molecule has 2 N–H and O–H groups in total. The molecule has 42 heavy (non-hydrogen) atoms. The predicted molar refractivity (Wildman–Crippen MR) is 166 cm³/mol. The number of amides is 1. The van der Waals surface area contributed by atoms with Crippen LogP contribution < -0.4 is 10.6 Å². The quantitative estimate of drug-likeness (QED) is 0.380. The van der Waals surface area contributed by atoms with Crippen LogP contribution in [0.3, 0.4) is 0 Å². The van der Waals surface area contributed by atoms with Crippen molar-refractivity contribution >= 4 is 23.3 Å². The van der Waals surface area contributed by atoms with Gasteiger partial charge in [-0.1, -0.05) is 49.1 Å².